The van der Waals surface area contributed by atoms with E-state index >= 15 is 0 Å². The van der Waals surface area contributed by atoms with Gasteiger partial charge in [0.1, 0.15) is 12.7 Å². The molecule has 2 N–H and O–H groups in total. The number of rotatable bonds is 1. The number of nitrogens with two attached hydrogens (primary N) is 1. The van der Waals surface area contributed by atoms with Gasteiger partial charge < -0.3 is 5.73 Å². The first-order chi connectivity index (χ1) is 4.84. The molecule has 0 aliphatic heterocycles. The fourth-order valence-corrected chi connectivity index (χ4v) is 0.561. The zero-order valence-electron chi connectivity index (χ0n) is 5.73. The van der Waals surface area contributed by atoms with Crippen LogP contribution in [0.15, 0.2) is 17.6 Å². The van der Waals surface area contributed by atoms with Gasteiger partial charge in [0.25, 0.3) is 0 Å². The van der Waals surface area contributed by atoms with Gasteiger partial charge in [-0.3, -0.25) is 4.99 Å². The minimum absolute atomic E-state index is 0.375. The van der Waals surface area contributed by atoms with E-state index in [1.54, 1.807) is 0 Å². The molecule has 0 unspecified atom stereocenters. The van der Waals surface area contributed by atoms with E-state index in [4.69, 9.17) is 5.73 Å². The molecule has 0 saturated heterocycles. The molecular formula is C5H9N5. The molecule has 0 bridgehead atoms. The van der Waals surface area contributed by atoms with Gasteiger partial charge in [0.2, 0.25) is 5.96 Å². The molecule has 0 radical (unpaired) electrons. The van der Waals surface area contributed by atoms with Crippen molar-refractivity contribution in [2.75, 3.05) is 6.54 Å². The fourth-order valence-electron chi connectivity index (χ4n) is 0.561. The first-order valence-electron chi connectivity index (χ1n) is 2.99. The predicted octanol–water partition coefficient (Wildman–Crippen LogP) is -0.539. The zero-order chi connectivity index (χ0) is 7.40. The first-order valence-corrected chi connectivity index (χ1v) is 2.99. The third-order valence-corrected chi connectivity index (χ3v) is 0.974. The monoisotopic (exact) mass is 139 g/mol. The summed E-state index contributed by atoms with van der Waals surface area (Å²) in [5.74, 6) is 0.375. The third kappa shape index (κ3) is 1.31. The van der Waals surface area contributed by atoms with Gasteiger partial charge in [-0.1, -0.05) is 0 Å². The van der Waals surface area contributed by atoms with Crippen molar-refractivity contribution < 1.29 is 0 Å². The molecule has 5 nitrogen and oxygen atoms in total. The largest absolute Gasteiger partial charge is 0.368 e. The second kappa shape index (κ2) is 2.95. The lowest BCUT2D eigenvalue weighted by molar-refractivity contribution is 0.903. The average Bonchev–Trinajstić information content (AvgIpc) is 2.38. The molecule has 0 aliphatic carbocycles. The number of hydrogen-bond acceptors (Lipinski definition) is 3. The Morgan fingerprint density at radius 2 is 2.60 bits per heavy atom. The van der Waals surface area contributed by atoms with Crippen LogP contribution in [0.1, 0.15) is 6.92 Å². The van der Waals surface area contributed by atoms with Crippen LogP contribution >= 0.6 is 0 Å². The quantitative estimate of drug-likeness (QED) is 0.419. The van der Waals surface area contributed by atoms with Crippen LogP contribution < -0.4 is 5.73 Å². The summed E-state index contributed by atoms with van der Waals surface area (Å²) in [4.78, 5) is 7.64. The summed E-state index contributed by atoms with van der Waals surface area (Å²) in [6.07, 6.45) is 2.92. The van der Waals surface area contributed by atoms with Crippen LogP contribution in [-0.2, 0) is 0 Å². The summed E-state index contributed by atoms with van der Waals surface area (Å²) in [5, 5.41) is 3.78. The lowest BCUT2D eigenvalue weighted by atomic mass is 10.8. The molecule has 0 spiro atoms. The second-order valence-electron chi connectivity index (χ2n) is 1.67. The maximum absolute atomic E-state index is 5.46. The Hall–Kier alpha value is -1.39. The van der Waals surface area contributed by atoms with Crippen LogP contribution in [0, 0.1) is 0 Å². The molecule has 54 valence electrons. The van der Waals surface area contributed by atoms with E-state index in [-0.39, 0.29) is 0 Å². The van der Waals surface area contributed by atoms with Gasteiger partial charge in [0, 0.05) is 6.54 Å². The molecule has 5 heteroatoms. The van der Waals surface area contributed by atoms with Gasteiger partial charge in [0.05, 0.1) is 0 Å². The molecule has 1 heterocycles. The Balaban J connectivity index is 2.77. The van der Waals surface area contributed by atoms with Gasteiger partial charge >= 0.3 is 0 Å². The number of hydrogen-bond donors (Lipinski definition) is 1. The summed E-state index contributed by atoms with van der Waals surface area (Å²) >= 11 is 0. The van der Waals surface area contributed by atoms with E-state index in [0.717, 1.165) is 0 Å². The second-order valence-corrected chi connectivity index (χ2v) is 1.67. The number of nitrogens with zero attached hydrogens (tertiary/aromatic N) is 4. The highest BCUT2D eigenvalue weighted by Crippen LogP contribution is 1.76. The molecule has 0 amide bonds. The zero-order valence-corrected chi connectivity index (χ0v) is 5.73. The Labute approximate surface area is 58.6 Å². The molecule has 1 aromatic rings. The van der Waals surface area contributed by atoms with Crippen LogP contribution in [0.25, 0.3) is 0 Å². The smallest absolute Gasteiger partial charge is 0.217 e. The van der Waals surface area contributed by atoms with E-state index in [9.17, 15) is 0 Å². The van der Waals surface area contributed by atoms with Gasteiger partial charge in [0.15, 0.2) is 0 Å². The van der Waals surface area contributed by atoms with Crippen molar-refractivity contribution >= 4 is 5.96 Å². The van der Waals surface area contributed by atoms with E-state index in [0.29, 0.717) is 12.5 Å². The SMILES string of the molecule is CCN=C(N)n1cncn1. The Kier molecular flexibility index (Phi) is 1.99. The van der Waals surface area contributed by atoms with Crippen LogP contribution in [0.2, 0.25) is 0 Å². The standard InChI is InChI=1S/C5H9N5/c1-2-8-5(6)10-4-7-3-9-10/h3-4H,2H2,1H3,(H2,6,8). The van der Waals surface area contributed by atoms with Crippen molar-refractivity contribution in [2.45, 2.75) is 6.92 Å². The summed E-state index contributed by atoms with van der Waals surface area (Å²) in [5.41, 5.74) is 5.46. The van der Waals surface area contributed by atoms with Crippen LogP contribution in [0.3, 0.4) is 0 Å². The average molecular weight is 139 g/mol. The summed E-state index contributed by atoms with van der Waals surface area (Å²) < 4.78 is 1.42. The maximum Gasteiger partial charge on any atom is 0.217 e. The maximum atomic E-state index is 5.46. The highest BCUT2D eigenvalue weighted by Gasteiger charge is 1.92. The topological polar surface area (TPSA) is 69.1 Å². The molecule has 0 saturated carbocycles. The van der Waals surface area contributed by atoms with E-state index < -0.39 is 0 Å². The van der Waals surface area contributed by atoms with Crippen molar-refractivity contribution in [3.8, 4) is 0 Å². The Bertz CT molecular complexity index is 212. The molecule has 0 fully saturated rings. The minimum atomic E-state index is 0.375. The van der Waals surface area contributed by atoms with Crippen molar-refractivity contribution in [1.29, 1.82) is 0 Å². The lowest BCUT2D eigenvalue weighted by Gasteiger charge is -1.95. The molecule has 0 aliphatic rings. The predicted molar refractivity (Wildman–Crippen MR) is 37.6 cm³/mol. The number of aromatic nitrogens is 3. The molecule has 1 rings (SSSR count). The van der Waals surface area contributed by atoms with Gasteiger partial charge in [-0.15, -0.1) is 0 Å². The first kappa shape index (κ1) is 6.73. The summed E-state index contributed by atoms with van der Waals surface area (Å²) in [6.45, 7) is 2.56. The van der Waals surface area contributed by atoms with Crippen LogP contribution in [-0.4, -0.2) is 27.3 Å². The third-order valence-electron chi connectivity index (χ3n) is 0.974. The molecule has 0 atom stereocenters. The fraction of sp³-hybridized carbons (Fsp3) is 0.400. The highest BCUT2D eigenvalue weighted by atomic mass is 15.4. The van der Waals surface area contributed by atoms with Gasteiger partial charge in [-0.05, 0) is 6.92 Å². The van der Waals surface area contributed by atoms with Gasteiger partial charge in [-0.25, -0.2) is 4.98 Å². The van der Waals surface area contributed by atoms with Crippen molar-refractivity contribution in [3.63, 3.8) is 0 Å². The van der Waals surface area contributed by atoms with Crippen molar-refractivity contribution in [2.24, 2.45) is 10.7 Å². The molecule has 1 aromatic heterocycles. The Morgan fingerprint density at radius 1 is 1.80 bits per heavy atom. The minimum Gasteiger partial charge on any atom is -0.368 e. The summed E-state index contributed by atoms with van der Waals surface area (Å²) in [7, 11) is 0. The summed E-state index contributed by atoms with van der Waals surface area (Å²) in [6, 6.07) is 0. The normalized spacial score (nSPS) is 11.9. The van der Waals surface area contributed by atoms with Gasteiger partial charge in [-0.2, -0.15) is 9.78 Å². The van der Waals surface area contributed by atoms with Crippen LogP contribution in [0.5, 0.6) is 0 Å². The van der Waals surface area contributed by atoms with Crippen molar-refractivity contribution in [3.05, 3.63) is 12.7 Å². The molecule has 0 aromatic carbocycles. The van der Waals surface area contributed by atoms with E-state index in [1.807, 2.05) is 6.92 Å². The van der Waals surface area contributed by atoms with E-state index in [1.165, 1.54) is 17.3 Å². The van der Waals surface area contributed by atoms with Crippen molar-refractivity contribution in [1.82, 2.24) is 14.8 Å². The van der Waals surface area contributed by atoms with Crippen LogP contribution in [0.4, 0.5) is 0 Å². The number of aliphatic imine (C=N–C) groups is 1. The highest BCUT2D eigenvalue weighted by molar-refractivity contribution is 5.79. The van der Waals surface area contributed by atoms with E-state index in [2.05, 4.69) is 15.1 Å². The Morgan fingerprint density at radius 3 is 3.10 bits per heavy atom. The lowest BCUT2D eigenvalue weighted by Crippen LogP contribution is -2.22. The molecular weight excluding hydrogens is 130 g/mol. The molecule has 10 heavy (non-hydrogen) atoms.